The Hall–Kier alpha value is 1.20. The molecule has 0 aliphatic rings. The molecule has 0 bridgehead atoms. The number of rotatable bonds is 8. The molecule has 0 saturated carbocycles. The van der Waals surface area contributed by atoms with Crippen LogP contribution in [-0.4, -0.2) is 33.7 Å². The van der Waals surface area contributed by atoms with Crippen molar-refractivity contribution in [3.8, 4) is 0 Å². The number of halogens is 1. The zero-order chi connectivity index (χ0) is 11.0. The molecule has 4 heteroatoms. The Bertz CT molecular complexity index is 136. The van der Waals surface area contributed by atoms with Gasteiger partial charge in [0.15, 0.2) is 0 Å². The Morgan fingerprint density at radius 1 is 1.20 bits per heavy atom. The molecule has 3 unspecified atom stereocenters. The molecule has 0 spiro atoms. The van der Waals surface area contributed by atoms with Crippen LogP contribution < -0.4 is 5.73 Å². The Morgan fingerprint density at radius 3 is 2.27 bits per heavy atom. The second-order valence-electron chi connectivity index (χ2n) is 4.26. The van der Waals surface area contributed by atoms with Crippen LogP contribution in [0, 0.1) is 0 Å². The third kappa shape index (κ3) is 13.1. The minimum atomic E-state index is -0.578. The minimum absolute atomic E-state index is 0. The molecule has 15 heavy (non-hydrogen) atoms. The van der Waals surface area contributed by atoms with Gasteiger partial charge in [0.1, 0.15) is 0 Å². The first kappa shape index (κ1) is 18.6. The van der Waals surface area contributed by atoms with Crippen LogP contribution in [0.3, 0.4) is 0 Å². The summed E-state index contributed by atoms with van der Waals surface area (Å²) in [7, 11) is 0. The molecule has 0 fully saturated rings. The molecule has 2 N–H and O–H groups in total. The first-order valence-corrected chi connectivity index (χ1v) is 8.54. The second kappa shape index (κ2) is 11.7. The molecule has 0 aromatic carbocycles. The average Bonchev–Trinajstić information content (AvgIpc) is 2.13. The van der Waals surface area contributed by atoms with Crippen molar-refractivity contribution in [3.63, 3.8) is 0 Å². The quantitative estimate of drug-likeness (QED) is 0.649. The summed E-state index contributed by atoms with van der Waals surface area (Å²) in [5, 5.41) is 0. The van der Waals surface area contributed by atoms with Crippen LogP contribution in [0.2, 0.25) is 3.93 Å². The molecule has 92 valence electrons. The number of hydrogen-bond acceptors (Lipinski definition) is 2. The first-order chi connectivity index (χ1) is 6.56. The van der Waals surface area contributed by atoms with Crippen LogP contribution in [0.4, 0.5) is 0 Å². The molecular formula is C11H26BrNOSn. The van der Waals surface area contributed by atoms with Gasteiger partial charge in [-0.25, -0.2) is 0 Å². The Balaban J connectivity index is 0. The zero-order valence-electron chi connectivity index (χ0n) is 10.5. The molecule has 0 aliphatic heterocycles. The van der Waals surface area contributed by atoms with Gasteiger partial charge in [-0.15, -0.1) is 17.0 Å². The van der Waals surface area contributed by atoms with Gasteiger partial charge in [-0.1, -0.05) is 0 Å². The van der Waals surface area contributed by atoms with Gasteiger partial charge in [-0.2, -0.15) is 0 Å². The van der Waals surface area contributed by atoms with Crippen molar-refractivity contribution in [2.24, 2.45) is 5.73 Å². The van der Waals surface area contributed by atoms with Crippen molar-refractivity contribution in [1.29, 1.82) is 0 Å². The van der Waals surface area contributed by atoms with E-state index in [0.717, 1.165) is 16.8 Å². The first-order valence-electron chi connectivity index (χ1n) is 5.73. The van der Waals surface area contributed by atoms with E-state index in [2.05, 4.69) is 27.7 Å². The fourth-order valence-corrected chi connectivity index (χ4v) is 3.84. The summed E-state index contributed by atoms with van der Waals surface area (Å²) >= 11 is -0.578. The van der Waals surface area contributed by atoms with E-state index in [1.54, 1.807) is 0 Å². The molecule has 0 aliphatic carbocycles. The van der Waals surface area contributed by atoms with Gasteiger partial charge in [0.05, 0.1) is 0 Å². The summed E-state index contributed by atoms with van der Waals surface area (Å²) in [6.07, 6.45) is 5.37. The fourth-order valence-electron chi connectivity index (χ4n) is 1.12. The van der Waals surface area contributed by atoms with Crippen molar-refractivity contribution >= 4 is 38.5 Å². The Labute approximate surface area is 116 Å². The van der Waals surface area contributed by atoms with E-state index in [9.17, 15) is 0 Å². The van der Waals surface area contributed by atoms with Gasteiger partial charge in [-0.3, -0.25) is 0 Å². The average molecular weight is 387 g/mol. The van der Waals surface area contributed by atoms with E-state index in [1.807, 2.05) is 0 Å². The summed E-state index contributed by atoms with van der Waals surface area (Å²) in [5.74, 6) is 0. The van der Waals surface area contributed by atoms with Crippen LogP contribution in [0.5, 0.6) is 0 Å². The molecule has 3 atom stereocenters. The van der Waals surface area contributed by atoms with Crippen LogP contribution in [0.1, 0.15) is 53.4 Å². The molecule has 0 heterocycles. The maximum absolute atomic E-state index is 5.85. The molecule has 0 aromatic rings. The van der Waals surface area contributed by atoms with E-state index in [4.69, 9.17) is 8.81 Å². The van der Waals surface area contributed by atoms with E-state index in [-0.39, 0.29) is 17.0 Å². The van der Waals surface area contributed by atoms with Crippen molar-refractivity contribution in [3.05, 3.63) is 0 Å². The fraction of sp³-hybridized carbons (Fsp3) is 1.00. The van der Waals surface area contributed by atoms with Crippen molar-refractivity contribution in [2.45, 2.75) is 69.5 Å². The monoisotopic (exact) mass is 387 g/mol. The van der Waals surface area contributed by atoms with Gasteiger partial charge < -0.3 is 0 Å². The summed E-state index contributed by atoms with van der Waals surface area (Å²) in [4.78, 5) is 0. The third-order valence-corrected chi connectivity index (χ3v) is 5.85. The van der Waals surface area contributed by atoms with Crippen LogP contribution in [-0.2, 0) is 3.07 Å². The summed E-state index contributed by atoms with van der Waals surface area (Å²) in [6.45, 7) is 8.77. The van der Waals surface area contributed by atoms with E-state index >= 15 is 0 Å². The van der Waals surface area contributed by atoms with Gasteiger partial charge in [-0.05, 0) is 0 Å². The molecule has 0 amide bonds. The summed E-state index contributed by atoms with van der Waals surface area (Å²) in [5.41, 5.74) is 5.70. The molecule has 0 aromatic heterocycles. The van der Waals surface area contributed by atoms with Gasteiger partial charge in [0.2, 0.25) is 0 Å². The van der Waals surface area contributed by atoms with Crippen LogP contribution in [0.15, 0.2) is 0 Å². The molecule has 0 rings (SSSR count). The predicted octanol–water partition coefficient (Wildman–Crippen LogP) is 3.32. The molecular weight excluding hydrogens is 361 g/mol. The molecule has 2 nitrogen and oxygen atoms in total. The van der Waals surface area contributed by atoms with Gasteiger partial charge >= 0.3 is 99.8 Å². The van der Waals surface area contributed by atoms with E-state index in [0.29, 0.717) is 12.1 Å². The zero-order valence-corrected chi connectivity index (χ0v) is 15.0. The Morgan fingerprint density at radius 2 is 1.80 bits per heavy atom. The number of nitrogens with two attached hydrogens (primary N) is 1. The Kier molecular flexibility index (Phi) is 14.4. The molecule has 2 radical (unpaired) electrons. The summed E-state index contributed by atoms with van der Waals surface area (Å²) < 4.78 is 6.69. The van der Waals surface area contributed by atoms with Crippen LogP contribution in [0.25, 0.3) is 0 Å². The topological polar surface area (TPSA) is 35.2 Å². The van der Waals surface area contributed by atoms with Crippen molar-refractivity contribution in [2.75, 3.05) is 0 Å². The third-order valence-electron chi connectivity index (χ3n) is 2.34. The second-order valence-corrected chi connectivity index (χ2v) is 8.42. The predicted molar refractivity (Wildman–Crippen MR) is 73.8 cm³/mol. The summed E-state index contributed by atoms with van der Waals surface area (Å²) in [6, 6.07) is 0.364. The standard InChI is InChI=1S/C7H16N.C4H9O.BrH.Sn/c1-3-4-5-6-7(2)8;1-3-4(2)5;;/h3,7H,4-6,8H2,1-2H3;4H,3H2,1-2H3;1H;/q;-1;;+1. The van der Waals surface area contributed by atoms with Crippen molar-refractivity contribution in [1.82, 2.24) is 0 Å². The van der Waals surface area contributed by atoms with E-state index < -0.39 is 21.6 Å². The van der Waals surface area contributed by atoms with E-state index in [1.165, 1.54) is 12.8 Å². The van der Waals surface area contributed by atoms with Gasteiger partial charge in [0.25, 0.3) is 0 Å². The molecule has 0 saturated heterocycles. The number of hydrogen-bond donors (Lipinski definition) is 1. The SMILES string of the molecule is Br.CCC(C)[O][Sn][CH](C)CCCC(C)N. The van der Waals surface area contributed by atoms with Crippen LogP contribution >= 0.6 is 17.0 Å². The normalized spacial score (nSPS) is 16.6. The maximum atomic E-state index is 5.85. The van der Waals surface area contributed by atoms with Crippen molar-refractivity contribution < 1.29 is 3.07 Å². The van der Waals surface area contributed by atoms with Gasteiger partial charge in [0, 0.05) is 0 Å².